The third kappa shape index (κ3) is 2.01. The topological polar surface area (TPSA) is 35.5 Å². The smallest absolute Gasteiger partial charge is 0.171 e. The van der Waals surface area contributed by atoms with Gasteiger partial charge < -0.3 is 9.47 Å². The molecular formula is C10H12O3S. The van der Waals surface area contributed by atoms with Crippen LogP contribution in [0.15, 0.2) is 17.0 Å². The number of hydrogen-bond acceptors (Lipinski definition) is 4. The summed E-state index contributed by atoms with van der Waals surface area (Å²) in [7, 11) is 3.07. The third-order valence-electron chi connectivity index (χ3n) is 1.84. The molecule has 0 fully saturated rings. The van der Waals surface area contributed by atoms with Gasteiger partial charge in [0.2, 0.25) is 0 Å². The van der Waals surface area contributed by atoms with E-state index in [-0.39, 0.29) is 0 Å². The molecule has 0 aliphatic heterocycles. The number of thioether (sulfide) groups is 1. The fraction of sp³-hybridized carbons (Fsp3) is 0.300. The molecule has 0 saturated carbocycles. The van der Waals surface area contributed by atoms with Crippen LogP contribution in [0.2, 0.25) is 0 Å². The molecule has 0 spiro atoms. The van der Waals surface area contributed by atoms with Crippen LogP contribution >= 0.6 is 11.8 Å². The molecule has 0 unspecified atom stereocenters. The summed E-state index contributed by atoms with van der Waals surface area (Å²) in [6.07, 6.45) is 2.71. The van der Waals surface area contributed by atoms with Crippen molar-refractivity contribution in [3.8, 4) is 11.5 Å². The fourth-order valence-corrected chi connectivity index (χ4v) is 1.64. The minimum atomic E-state index is 0.486. The molecule has 3 nitrogen and oxygen atoms in total. The highest BCUT2D eigenvalue weighted by Crippen LogP contribution is 2.34. The van der Waals surface area contributed by atoms with E-state index in [1.165, 1.54) is 7.11 Å². The Balaban J connectivity index is 3.31. The molecule has 1 aromatic carbocycles. The Morgan fingerprint density at radius 2 is 2.00 bits per heavy atom. The maximum Gasteiger partial charge on any atom is 0.171 e. The first-order valence-electron chi connectivity index (χ1n) is 4.02. The van der Waals surface area contributed by atoms with Crippen molar-refractivity contribution < 1.29 is 14.3 Å². The van der Waals surface area contributed by atoms with Crippen molar-refractivity contribution in [2.75, 3.05) is 20.5 Å². The number of rotatable bonds is 4. The Labute approximate surface area is 87.4 Å². The van der Waals surface area contributed by atoms with Crippen LogP contribution in [0.1, 0.15) is 10.4 Å². The van der Waals surface area contributed by atoms with Gasteiger partial charge in [-0.05, 0) is 18.4 Å². The Morgan fingerprint density at radius 3 is 2.43 bits per heavy atom. The van der Waals surface area contributed by atoms with Crippen LogP contribution in [0.4, 0.5) is 0 Å². The number of hydrogen-bond donors (Lipinski definition) is 0. The van der Waals surface area contributed by atoms with Crippen LogP contribution in [-0.2, 0) is 0 Å². The van der Waals surface area contributed by atoms with E-state index >= 15 is 0 Å². The first-order chi connectivity index (χ1) is 6.76. The summed E-state index contributed by atoms with van der Waals surface area (Å²) < 4.78 is 10.2. The number of methoxy groups -OCH3 is 2. The summed E-state index contributed by atoms with van der Waals surface area (Å²) in [5, 5.41) is 0. The molecule has 0 N–H and O–H groups in total. The molecule has 0 heterocycles. The zero-order chi connectivity index (χ0) is 10.6. The largest absolute Gasteiger partial charge is 0.493 e. The second-order valence-corrected chi connectivity index (χ2v) is 3.45. The Hall–Kier alpha value is -1.16. The predicted octanol–water partition coefficient (Wildman–Crippen LogP) is 2.24. The molecule has 1 rings (SSSR count). The van der Waals surface area contributed by atoms with Crippen molar-refractivity contribution in [3.05, 3.63) is 17.7 Å². The summed E-state index contributed by atoms with van der Waals surface area (Å²) in [5.41, 5.74) is 0.510. The number of benzene rings is 1. The van der Waals surface area contributed by atoms with E-state index in [1.54, 1.807) is 24.9 Å². The van der Waals surface area contributed by atoms with E-state index in [2.05, 4.69) is 0 Å². The molecule has 0 aromatic heterocycles. The van der Waals surface area contributed by atoms with Gasteiger partial charge in [-0.15, -0.1) is 11.8 Å². The van der Waals surface area contributed by atoms with Crippen LogP contribution in [0, 0.1) is 0 Å². The van der Waals surface area contributed by atoms with Crippen molar-refractivity contribution in [1.29, 1.82) is 0 Å². The molecule has 0 saturated heterocycles. The highest BCUT2D eigenvalue weighted by Gasteiger charge is 2.11. The van der Waals surface area contributed by atoms with Crippen LogP contribution in [0.3, 0.4) is 0 Å². The summed E-state index contributed by atoms with van der Waals surface area (Å²) in [5.74, 6) is 1.07. The Kier molecular flexibility index (Phi) is 3.83. The molecular weight excluding hydrogens is 200 g/mol. The molecule has 0 bridgehead atoms. The number of carbonyl (C=O) groups excluding carboxylic acids is 1. The molecule has 0 radical (unpaired) electrons. The molecule has 0 atom stereocenters. The quantitative estimate of drug-likeness (QED) is 0.566. The molecule has 14 heavy (non-hydrogen) atoms. The van der Waals surface area contributed by atoms with E-state index in [4.69, 9.17) is 9.47 Å². The van der Waals surface area contributed by atoms with Crippen LogP contribution in [-0.4, -0.2) is 26.8 Å². The summed E-state index contributed by atoms with van der Waals surface area (Å²) in [6, 6.07) is 3.62. The summed E-state index contributed by atoms with van der Waals surface area (Å²) >= 11 is 1.55. The number of ether oxygens (including phenoxy) is 2. The van der Waals surface area contributed by atoms with Crippen LogP contribution in [0.25, 0.3) is 0 Å². The third-order valence-corrected chi connectivity index (χ3v) is 2.55. The van der Waals surface area contributed by atoms with Crippen LogP contribution < -0.4 is 9.47 Å². The first kappa shape index (κ1) is 10.9. The molecule has 1 aromatic rings. The van der Waals surface area contributed by atoms with Gasteiger partial charge in [-0.3, -0.25) is 4.79 Å². The Bertz CT molecular complexity index is 336. The lowest BCUT2D eigenvalue weighted by atomic mass is 10.2. The van der Waals surface area contributed by atoms with Crippen molar-refractivity contribution in [1.82, 2.24) is 0 Å². The van der Waals surface area contributed by atoms with Gasteiger partial charge in [0.1, 0.15) is 0 Å². The van der Waals surface area contributed by atoms with E-state index in [0.29, 0.717) is 17.1 Å². The van der Waals surface area contributed by atoms with Crippen molar-refractivity contribution in [3.63, 3.8) is 0 Å². The highest BCUT2D eigenvalue weighted by molar-refractivity contribution is 7.98. The summed E-state index contributed by atoms with van der Waals surface area (Å²) in [6.45, 7) is 0. The van der Waals surface area contributed by atoms with Crippen molar-refractivity contribution >= 4 is 18.0 Å². The maximum absolute atomic E-state index is 10.8. The fourth-order valence-electron chi connectivity index (χ4n) is 1.17. The standard InChI is InChI=1S/C10H12O3S/c1-12-9-5-8(14-3)4-7(6-11)10(9)13-2/h4-6H,1-3H3. The van der Waals surface area contributed by atoms with E-state index in [1.807, 2.05) is 12.3 Å². The minimum absolute atomic E-state index is 0.486. The van der Waals surface area contributed by atoms with Gasteiger partial charge in [0.25, 0.3) is 0 Å². The van der Waals surface area contributed by atoms with Crippen LogP contribution in [0.5, 0.6) is 11.5 Å². The van der Waals surface area contributed by atoms with E-state index in [9.17, 15) is 4.79 Å². The van der Waals surface area contributed by atoms with Gasteiger partial charge >= 0.3 is 0 Å². The zero-order valence-corrected chi connectivity index (χ0v) is 9.18. The van der Waals surface area contributed by atoms with E-state index in [0.717, 1.165) is 11.2 Å². The lowest BCUT2D eigenvalue weighted by molar-refractivity contribution is 0.111. The molecule has 0 aliphatic carbocycles. The Morgan fingerprint density at radius 1 is 1.29 bits per heavy atom. The van der Waals surface area contributed by atoms with Gasteiger partial charge in [-0.25, -0.2) is 0 Å². The average Bonchev–Trinajstić information content (AvgIpc) is 2.26. The first-order valence-corrected chi connectivity index (χ1v) is 5.24. The molecule has 4 heteroatoms. The van der Waals surface area contributed by atoms with Gasteiger partial charge in [0.15, 0.2) is 17.8 Å². The molecule has 76 valence electrons. The minimum Gasteiger partial charge on any atom is -0.493 e. The lowest BCUT2D eigenvalue weighted by Crippen LogP contribution is -1.95. The molecule has 0 aliphatic rings. The monoisotopic (exact) mass is 212 g/mol. The number of aldehydes is 1. The van der Waals surface area contributed by atoms with Crippen molar-refractivity contribution in [2.24, 2.45) is 0 Å². The van der Waals surface area contributed by atoms with Gasteiger partial charge in [0.05, 0.1) is 19.8 Å². The van der Waals surface area contributed by atoms with Gasteiger partial charge in [-0.2, -0.15) is 0 Å². The average molecular weight is 212 g/mol. The lowest BCUT2D eigenvalue weighted by Gasteiger charge is -2.10. The van der Waals surface area contributed by atoms with Gasteiger partial charge in [-0.1, -0.05) is 0 Å². The number of carbonyl (C=O) groups is 1. The summed E-state index contributed by atoms with van der Waals surface area (Å²) in [4.78, 5) is 11.8. The van der Waals surface area contributed by atoms with E-state index < -0.39 is 0 Å². The highest BCUT2D eigenvalue weighted by atomic mass is 32.2. The second-order valence-electron chi connectivity index (χ2n) is 2.57. The van der Waals surface area contributed by atoms with Gasteiger partial charge in [0, 0.05) is 4.90 Å². The predicted molar refractivity (Wildman–Crippen MR) is 56.7 cm³/mol. The van der Waals surface area contributed by atoms with Crippen molar-refractivity contribution in [2.45, 2.75) is 4.90 Å². The zero-order valence-electron chi connectivity index (χ0n) is 8.37. The maximum atomic E-state index is 10.8. The normalized spacial score (nSPS) is 9.64. The molecule has 0 amide bonds. The SMILES string of the molecule is COc1cc(SC)cc(C=O)c1OC. The second kappa shape index (κ2) is 4.91.